The minimum absolute atomic E-state index is 0.134. The van der Waals surface area contributed by atoms with E-state index >= 15 is 0 Å². The van der Waals surface area contributed by atoms with E-state index in [0.717, 1.165) is 4.47 Å². The highest BCUT2D eigenvalue weighted by Gasteiger charge is 2.36. The fourth-order valence-electron chi connectivity index (χ4n) is 1.87. The van der Waals surface area contributed by atoms with Crippen molar-refractivity contribution < 1.29 is 14.7 Å². The maximum atomic E-state index is 11.6. The summed E-state index contributed by atoms with van der Waals surface area (Å²) in [5, 5.41) is 9.03. The Morgan fingerprint density at radius 2 is 2.25 bits per heavy atom. The van der Waals surface area contributed by atoms with E-state index in [4.69, 9.17) is 5.11 Å². The predicted octanol–water partition coefficient (Wildman–Crippen LogP) is 2.03. The topological polar surface area (TPSA) is 57.6 Å². The number of rotatable bonds is 2. The summed E-state index contributed by atoms with van der Waals surface area (Å²) in [6.45, 7) is 0. The number of hydrogen-bond acceptors (Lipinski definition) is 2. The summed E-state index contributed by atoms with van der Waals surface area (Å²) < 4.78 is 0.828. The number of carbonyl (C=O) groups excluding carboxylic acids is 1. The molecule has 1 aromatic rings. The van der Waals surface area contributed by atoms with Gasteiger partial charge in [0.2, 0.25) is 5.91 Å². The zero-order valence-electron chi connectivity index (χ0n) is 8.39. The van der Waals surface area contributed by atoms with Crippen molar-refractivity contribution in [2.75, 3.05) is 4.90 Å². The summed E-state index contributed by atoms with van der Waals surface area (Å²) in [4.78, 5) is 24.0. The average Bonchev–Trinajstić information content (AvgIpc) is 2.60. The van der Waals surface area contributed by atoms with Crippen molar-refractivity contribution in [2.45, 2.75) is 18.9 Å². The summed E-state index contributed by atoms with van der Waals surface area (Å²) >= 11 is 3.30. The molecule has 1 aromatic carbocycles. The first-order valence-corrected chi connectivity index (χ1v) is 5.69. The zero-order valence-corrected chi connectivity index (χ0v) is 9.98. The van der Waals surface area contributed by atoms with Crippen molar-refractivity contribution in [3.63, 3.8) is 0 Å². The van der Waals surface area contributed by atoms with Crippen LogP contribution in [0.2, 0.25) is 0 Å². The quantitative estimate of drug-likeness (QED) is 0.904. The second-order valence-corrected chi connectivity index (χ2v) is 4.55. The Bertz CT molecular complexity index is 447. The minimum atomic E-state index is -0.953. The number of anilines is 1. The van der Waals surface area contributed by atoms with Crippen LogP contribution in [0.5, 0.6) is 0 Å². The fourth-order valence-corrected chi connectivity index (χ4v) is 2.25. The first-order valence-electron chi connectivity index (χ1n) is 4.90. The molecule has 16 heavy (non-hydrogen) atoms. The predicted molar refractivity (Wildman–Crippen MR) is 62.3 cm³/mol. The number of carboxylic acid groups (broad SMARTS) is 1. The Kier molecular flexibility index (Phi) is 2.96. The number of hydrogen-bond donors (Lipinski definition) is 1. The van der Waals surface area contributed by atoms with Gasteiger partial charge in [-0.05, 0) is 24.6 Å². The van der Waals surface area contributed by atoms with E-state index in [0.29, 0.717) is 18.5 Å². The summed E-state index contributed by atoms with van der Waals surface area (Å²) in [6.07, 6.45) is 0.671. The van der Waals surface area contributed by atoms with Crippen molar-refractivity contribution in [1.82, 2.24) is 0 Å². The fraction of sp³-hybridized carbons (Fsp3) is 0.273. The van der Waals surface area contributed by atoms with Crippen molar-refractivity contribution in [3.8, 4) is 0 Å². The van der Waals surface area contributed by atoms with Gasteiger partial charge >= 0.3 is 5.97 Å². The Morgan fingerprint density at radius 3 is 2.88 bits per heavy atom. The molecule has 0 spiro atoms. The highest BCUT2D eigenvalue weighted by atomic mass is 79.9. The van der Waals surface area contributed by atoms with E-state index in [2.05, 4.69) is 15.9 Å². The molecule has 1 fully saturated rings. The Balaban J connectivity index is 2.37. The molecular weight excluding hydrogens is 274 g/mol. The van der Waals surface area contributed by atoms with Crippen LogP contribution in [0.4, 0.5) is 5.69 Å². The van der Waals surface area contributed by atoms with E-state index in [-0.39, 0.29) is 5.91 Å². The van der Waals surface area contributed by atoms with Gasteiger partial charge in [-0.15, -0.1) is 0 Å². The number of carbonyl (C=O) groups is 2. The van der Waals surface area contributed by atoms with E-state index in [9.17, 15) is 9.59 Å². The van der Waals surface area contributed by atoms with Crippen LogP contribution in [0.1, 0.15) is 12.8 Å². The third-order valence-electron chi connectivity index (χ3n) is 2.58. The van der Waals surface area contributed by atoms with E-state index in [1.165, 1.54) is 4.90 Å². The van der Waals surface area contributed by atoms with Crippen LogP contribution in [0.25, 0.3) is 0 Å². The molecule has 1 heterocycles. The second-order valence-electron chi connectivity index (χ2n) is 3.64. The largest absolute Gasteiger partial charge is 0.480 e. The van der Waals surface area contributed by atoms with Crippen LogP contribution in [-0.2, 0) is 9.59 Å². The molecule has 1 amide bonds. The van der Waals surface area contributed by atoms with Gasteiger partial charge in [0, 0.05) is 16.6 Å². The summed E-state index contributed by atoms with van der Waals surface area (Å²) in [5.41, 5.74) is 0.629. The number of carboxylic acids is 1. The van der Waals surface area contributed by atoms with Crippen LogP contribution < -0.4 is 4.90 Å². The van der Waals surface area contributed by atoms with E-state index in [1.54, 1.807) is 18.2 Å². The maximum absolute atomic E-state index is 11.6. The molecule has 1 saturated heterocycles. The number of benzene rings is 1. The van der Waals surface area contributed by atoms with Crippen LogP contribution in [0.15, 0.2) is 28.7 Å². The van der Waals surface area contributed by atoms with Gasteiger partial charge in [-0.1, -0.05) is 22.0 Å². The first kappa shape index (κ1) is 11.1. The molecule has 0 aromatic heterocycles. The lowest BCUT2D eigenvalue weighted by Crippen LogP contribution is -2.38. The molecule has 1 N–H and O–H groups in total. The summed E-state index contributed by atoms with van der Waals surface area (Å²) in [5.74, 6) is -1.09. The number of halogens is 1. The molecule has 0 bridgehead atoms. The molecule has 2 rings (SSSR count). The molecular formula is C11H10BrNO3. The van der Waals surface area contributed by atoms with Crippen molar-refractivity contribution in [1.29, 1.82) is 0 Å². The normalized spacial score (nSPS) is 20.2. The van der Waals surface area contributed by atoms with Crippen LogP contribution in [0.3, 0.4) is 0 Å². The average molecular weight is 284 g/mol. The number of aliphatic carboxylic acids is 1. The van der Waals surface area contributed by atoms with Gasteiger partial charge in [-0.25, -0.2) is 4.79 Å². The maximum Gasteiger partial charge on any atom is 0.326 e. The minimum Gasteiger partial charge on any atom is -0.480 e. The van der Waals surface area contributed by atoms with Crippen LogP contribution in [0, 0.1) is 0 Å². The molecule has 0 aliphatic carbocycles. The molecule has 0 saturated carbocycles. The van der Waals surface area contributed by atoms with Crippen LogP contribution >= 0.6 is 15.9 Å². The van der Waals surface area contributed by atoms with Crippen molar-refractivity contribution >= 4 is 33.5 Å². The molecule has 84 valence electrons. The SMILES string of the molecule is O=C(O)C1CCC(=O)N1c1cccc(Br)c1. The van der Waals surface area contributed by atoms with Gasteiger partial charge in [-0.2, -0.15) is 0 Å². The highest BCUT2D eigenvalue weighted by molar-refractivity contribution is 9.10. The summed E-state index contributed by atoms with van der Waals surface area (Å²) in [7, 11) is 0. The Labute approximate surface area is 101 Å². The Hall–Kier alpha value is -1.36. The molecule has 4 nitrogen and oxygen atoms in total. The Morgan fingerprint density at radius 1 is 1.50 bits per heavy atom. The second kappa shape index (κ2) is 4.25. The van der Waals surface area contributed by atoms with E-state index < -0.39 is 12.0 Å². The lowest BCUT2D eigenvalue weighted by Gasteiger charge is -2.21. The van der Waals surface area contributed by atoms with Gasteiger partial charge < -0.3 is 5.11 Å². The smallest absolute Gasteiger partial charge is 0.326 e. The van der Waals surface area contributed by atoms with Crippen molar-refractivity contribution in [3.05, 3.63) is 28.7 Å². The zero-order chi connectivity index (χ0) is 11.7. The lowest BCUT2D eigenvalue weighted by molar-refractivity contribution is -0.138. The number of amides is 1. The third kappa shape index (κ3) is 1.95. The van der Waals surface area contributed by atoms with Gasteiger partial charge in [0.05, 0.1) is 0 Å². The highest BCUT2D eigenvalue weighted by Crippen LogP contribution is 2.28. The first-order chi connectivity index (χ1) is 7.59. The molecule has 1 aliphatic heterocycles. The molecule has 1 aliphatic rings. The van der Waals surface area contributed by atoms with Gasteiger partial charge in [0.1, 0.15) is 6.04 Å². The molecule has 1 unspecified atom stereocenters. The third-order valence-corrected chi connectivity index (χ3v) is 3.08. The summed E-state index contributed by atoms with van der Waals surface area (Å²) in [6, 6.07) is 6.37. The molecule has 1 atom stereocenters. The number of nitrogens with zero attached hydrogens (tertiary/aromatic N) is 1. The van der Waals surface area contributed by atoms with E-state index in [1.807, 2.05) is 6.07 Å². The lowest BCUT2D eigenvalue weighted by atomic mass is 10.2. The molecule has 0 radical (unpaired) electrons. The standard InChI is InChI=1S/C11H10BrNO3/c12-7-2-1-3-8(6-7)13-9(11(15)16)4-5-10(13)14/h1-3,6,9H,4-5H2,(H,15,16). The van der Waals surface area contributed by atoms with Gasteiger partial charge in [0.25, 0.3) is 0 Å². The van der Waals surface area contributed by atoms with Gasteiger partial charge in [-0.3, -0.25) is 9.69 Å². The monoisotopic (exact) mass is 283 g/mol. The molecule has 5 heteroatoms. The van der Waals surface area contributed by atoms with Gasteiger partial charge in [0.15, 0.2) is 0 Å². The van der Waals surface area contributed by atoms with Crippen molar-refractivity contribution in [2.24, 2.45) is 0 Å². The van der Waals surface area contributed by atoms with Crippen LogP contribution in [-0.4, -0.2) is 23.0 Å².